The van der Waals surface area contributed by atoms with Crippen LogP contribution >= 0.6 is 0 Å². The molecule has 101 heavy (non-hydrogen) atoms. The van der Waals surface area contributed by atoms with Crippen LogP contribution in [0.4, 0.5) is 66.7 Å². The molecule has 6 aromatic carbocycles. The molecule has 1 saturated heterocycles. The van der Waals surface area contributed by atoms with Crippen LogP contribution in [0.3, 0.4) is 0 Å². The second-order valence-corrected chi connectivity index (χ2v) is 25.2. The van der Waals surface area contributed by atoms with Crippen LogP contribution in [-0.4, -0.2) is 92.8 Å². The zero-order valence-corrected chi connectivity index (χ0v) is 53.9. The first-order valence-corrected chi connectivity index (χ1v) is 31.7. The highest BCUT2D eigenvalue weighted by Gasteiger charge is 2.38. The topological polar surface area (TPSA) is 254 Å². The van der Waals surface area contributed by atoms with Gasteiger partial charge in [-0.25, -0.2) is 4.39 Å². The van der Waals surface area contributed by atoms with Gasteiger partial charge in [0.1, 0.15) is 17.5 Å². The van der Waals surface area contributed by atoms with Gasteiger partial charge in [-0.15, -0.1) is 0 Å². The van der Waals surface area contributed by atoms with Gasteiger partial charge in [0, 0.05) is 77.2 Å². The van der Waals surface area contributed by atoms with E-state index in [1.807, 2.05) is 11.0 Å². The summed E-state index contributed by atoms with van der Waals surface area (Å²) in [6.07, 6.45) is -8.30. The molecule has 28 heteroatoms. The number of aromatic nitrogens is 2. The summed E-state index contributed by atoms with van der Waals surface area (Å²) in [5, 5.41) is 30.9. The summed E-state index contributed by atoms with van der Waals surface area (Å²) in [6, 6.07) is 27.9. The monoisotopic (exact) mass is 1410 g/mol. The Hall–Kier alpha value is -10.3. The van der Waals surface area contributed by atoms with Crippen molar-refractivity contribution in [3.8, 4) is 5.75 Å². The highest BCUT2D eigenvalue weighted by atomic mass is 19.4. The van der Waals surface area contributed by atoms with Gasteiger partial charge in [0.15, 0.2) is 0 Å². The molecule has 13 rings (SSSR count). The Balaban J connectivity index is 0.000000153. The zero-order valence-electron chi connectivity index (χ0n) is 53.9. The van der Waals surface area contributed by atoms with Gasteiger partial charge in [0.2, 0.25) is 23.6 Å². The molecule has 0 saturated carbocycles. The van der Waals surface area contributed by atoms with Crippen molar-refractivity contribution in [3.05, 3.63) is 221 Å². The summed E-state index contributed by atoms with van der Waals surface area (Å²) in [5.74, 6) is -1.49. The third-order valence-electron chi connectivity index (χ3n) is 17.4. The van der Waals surface area contributed by atoms with Gasteiger partial charge in [-0.05, 0) is 180 Å². The number of nitrogens with one attached hydrogen (secondary N) is 6. The maximum absolute atomic E-state index is 13.6. The molecule has 0 aliphatic carbocycles. The molecule has 0 spiro atoms. The van der Waals surface area contributed by atoms with E-state index >= 15 is 0 Å². The lowest BCUT2D eigenvalue weighted by atomic mass is 9.88. The van der Waals surface area contributed by atoms with Crippen LogP contribution in [0.2, 0.25) is 0 Å². The zero-order chi connectivity index (χ0) is 72.3. The van der Waals surface area contributed by atoms with Crippen LogP contribution in [0, 0.1) is 0 Å². The number of H-pyrrole nitrogens is 2. The Morgan fingerprint density at radius 1 is 0.574 bits per heavy atom. The molecule has 7 heterocycles. The van der Waals surface area contributed by atoms with Crippen LogP contribution in [-0.2, 0) is 80.0 Å². The van der Waals surface area contributed by atoms with Gasteiger partial charge >= 0.3 is 18.5 Å². The number of halogens is 10. The average Bonchev–Trinajstić information content (AvgIpc) is 1.59. The summed E-state index contributed by atoms with van der Waals surface area (Å²) >= 11 is 0. The first kappa shape index (κ1) is 72.0. The number of anilines is 4. The van der Waals surface area contributed by atoms with Crippen LogP contribution in [0.25, 0.3) is 38.5 Å². The number of carbonyl (C=O) groups is 4. The first-order chi connectivity index (χ1) is 47.9. The summed E-state index contributed by atoms with van der Waals surface area (Å²) in [4.78, 5) is 81.7. The standard InChI is InChI=1S/C26H25F4N3O3.C24H21F3N2O4.C23H19F3N2O4/c27-19-5-7-33(13-19)23-10-16-1-3-20(12-22(16)32-25(23)35)31-24(34)11-15-6-8-36-14-17-9-18(26(28,29)30)2-4-21(15)17;1-23(2)11-14(18-6-4-16(24(25,26)27)9-20(18)33-23)8-21(31)28-17-5-3-13-7-15(12-30)22(32)29-19(13)10-17;24-23(25,26)17-2-4-19-13(5-6-32-12-16(19)8-17)9-21(30)27-18-3-1-14-7-15(11-29)22(31)28-20(14)10-18/h1-4,9,11-12,19,23H,5-8,10,13-14H2,(H,31,34)(H,32,35);3-10,30H,11-12H2,1-2H3,(H,28,31)(H,29,32);1-4,7-10,29H,5-6,11-12H2,(H,27,30)(H,28,31)/b15-11+;14-8+;13-9+/t19-,23?;;/m0../s1. The predicted molar refractivity (Wildman–Crippen MR) is 357 cm³/mol. The number of likely N-dealkylation sites (tertiary alicyclic amines) is 1. The smallest absolute Gasteiger partial charge is 0.416 e. The predicted octanol–water partition coefficient (Wildman–Crippen LogP) is 13.2. The number of aliphatic hydroxyl groups excluding tert-OH is 2. The molecule has 1 unspecified atom stereocenters. The normalized spacial score (nSPS) is 18.6. The number of ether oxygens (including phenoxy) is 3. The van der Waals surface area contributed by atoms with Crippen molar-refractivity contribution in [2.24, 2.45) is 0 Å². The summed E-state index contributed by atoms with van der Waals surface area (Å²) in [5.41, 5.74) is 4.27. The van der Waals surface area contributed by atoms with E-state index in [1.54, 1.807) is 74.5 Å². The van der Waals surface area contributed by atoms with Gasteiger partial charge in [-0.1, -0.05) is 36.4 Å². The van der Waals surface area contributed by atoms with Crippen molar-refractivity contribution in [1.29, 1.82) is 0 Å². The molecule has 0 radical (unpaired) electrons. The molecule has 1 fully saturated rings. The number of hydrogen-bond donors (Lipinski definition) is 8. The number of aromatic amines is 2. The maximum Gasteiger partial charge on any atom is 0.416 e. The van der Waals surface area contributed by atoms with E-state index in [1.165, 1.54) is 36.4 Å². The van der Waals surface area contributed by atoms with Crippen molar-refractivity contribution >= 4 is 84.9 Å². The first-order valence-electron chi connectivity index (χ1n) is 31.7. The van der Waals surface area contributed by atoms with Crippen LogP contribution < -0.4 is 37.1 Å². The number of alkyl halides is 10. The minimum absolute atomic E-state index is 0.0338. The van der Waals surface area contributed by atoms with Crippen molar-refractivity contribution < 1.29 is 87.5 Å². The Labute approximate surface area is 568 Å². The second-order valence-electron chi connectivity index (χ2n) is 25.2. The minimum atomic E-state index is -4.50. The van der Waals surface area contributed by atoms with Gasteiger partial charge < -0.3 is 55.7 Å². The largest absolute Gasteiger partial charge is 0.487 e. The van der Waals surface area contributed by atoms with E-state index in [9.17, 15) is 82.9 Å². The molecule has 528 valence electrons. The molecular formula is C73H65F10N7O11. The number of pyridine rings is 2. The number of fused-ring (bicyclic) bond motifs is 6. The van der Waals surface area contributed by atoms with Gasteiger partial charge in [-0.2, -0.15) is 39.5 Å². The Bertz CT molecular complexity index is 4790. The molecule has 8 N–H and O–H groups in total. The lowest BCUT2D eigenvalue weighted by Crippen LogP contribution is -2.47. The van der Waals surface area contributed by atoms with Crippen molar-refractivity contribution in [3.63, 3.8) is 0 Å². The third kappa shape index (κ3) is 17.5. The number of aliphatic hydroxyl groups is 2. The molecule has 5 aliphatic heterocycles. The molecular weight excluding hydrogens is 1340 g/mol. The number of hydrogen-bond acceptors (Lipinski definition) is 12. The number of carbonyl (C=O) groups excluding carboxylic acids is 4. The summed E-state index contributed by atoms with van der Waals surface area (Å²) in [7, 11) is 0. The molecule has 0 bridgehead atoms. The maximum atomic E-state index is 13.6. The van der Waals surface area contributed by atoms with Crippen LogP contribution in [0.5, 0.6) is 5.75 Å². The second kappa shape index (κ2) is 29.5. The molecule has 8 aromatic rings. The molecule has 2 aromatic heterocycles. The fourth-order valence-corrected chi connectivity index (χ4v) is 12.4. The average molecular weight is 1410 g/mol. The molecule has 5 aliphatic rings. The van der Waals surface area contributed by atoms with Gasteiger partial charge in [0.05, 0.1) is 73.4 Å². The van der Waals surface area contributed by atoms with E-state index in [0.29, 0.717) is 128 Å². The van der Waals surface area contributed by atoms with E-state index in [-0.39, 0.29) is 69.0 Å². The number of rotatable bonds is 9. The van der Waals surface area contributed by atoms with E-state index in [2.05, 4.69) is 31.2 Å². The molecule has 2 atom stereocenters. The quantitative estimate of drug-likeness (QED) is 0.0496. The minimum Gasteiger partial charge on any atom is -0.487 e. The lowest BCUT2D eigenvalue weighted by molar-refractivity contribution is -0.138. The van der Waals surface area contributed by atoms with E-state index in [4.69, 9.17) is 14.2 Å². The van der Waals surface area contributed by atoms with Crippen LogP contribution in [0.15, 0.2) is 149 Å². The van der Waals surface area contributed by atoms with Crippen molar-refractivity contribution in [2.45, 2.75) is 109 Å². The van der Waals surface area contributed by atoms with E-state index < -0.39 is 81.9 Å². The lowest BCUT2D eigenvalue weighted by Gasteiger charge is -2.34. The Kier molecular flexibility index (Phi) is 21.0. The van der Waals surface area contributed by atoms with Crippen LogP contribution in [0.1, 0.15) is 101 Å². The Morgan fingerprint density at radius 2 is 1.03 bits per heavy atom. The Morgan fingerprint density at radius 3 is 1.50 bits per heavy atom. The number of nitrogens with zero attached hydrogens (tertiary/aromatic N) is 1. The van der Waals surface area contributed by atoms with Gasteiger partial charge in [-0.3, -0.25) is 33.7 Å². The van der Waals surface area contributed by atoms with Gasteiger partial charge in [0.25, 0.3) is 11.1 Å². The fraction of sp³-hybridized carbons (Fsp3) is 0.288. The molecule has 18 nitrogen and oxygen atoms in total. The fourth-order valence-electron chi connectivity index (χ4n) is 12.4. The van der Waals surface area contributed by atoms with Crippen molar-refractivity contribution in [2.75, 3.05) is 47.6 Å². The third-order valence-corrected chi connectivity index (χ3v) is 17.4. The van der Waals surface area contributed by atoms with Crippen molar-refractivity contribution in [1.82, 2.24) is 14.9 Å². The summed E-state index contributed by atoms with van der Waals surface area (Å²) < 4.78 is 148. The summed E-state index contributed by atoms with van der Waals surface area (Å²) in [6.45, 7) is 4.13. The van der Waals surface area contributed by atoms with E-state index in [0.717, 1.165) is 42.0 Å². The number of benzene rings is 6. The SMILES string of the molecule is CC1(C)C/C(=C\C(=O)Nc2ccc3cc(CO)c(=O)[nH]c3c2)c2ccc(C(F)(F)F)cc2O1.O=C(/C=C1\CCOCc2cc(C(F)(F)F)ccc21)Nc1ccc2c(c1)NC(=O)C(N1CC[C@H](F)C1)C2.O=C(/C=C1\CCOCc2cc(C(F)(F)F)ccc21)Nc1ccc2cc(CO)c(=O)[nH]c2c1. The number of amides is 4. The highest BCUT2D eigenvalue weighted by molar-refractivity contribution is 6.07. The molecule has 4 amide bonds. The highest BCUT2D eigenvalue weighted by Crippen LogP contribution is 2.44.